The fraction of sp³-hybridized carbons (Fsp3) is 0.423. The zero-order valence-electron chi connectivity index (χ0n) is 19.9. The molecule has 4 rings (SSSR count). The molecule has 2 aromatic carbocycles. The molecule has 0 saturated heterocycles. The first-order valence-corrected chi connectivity index (χ1v) is 10.9. The highest BCUT2D eigenvalue weighted by Gasteiger charge is 2.42. The molecule has 2 N–H and O–H groups in total. The molecule has 0 spiro atoms. The van der Waals surface area contributed by atoms with Crippen LogP contribution in [0.15, 0.2) is 36.0 Å². The Morgan fingerprint density at radius 2 is 1.50 bits per heavy atom. The third-order valence-electron chi connectivity index (χ3n) is 6.46. The van der Waals surface area contributed by atoms with Crippen LogP contribution in [-0.2, 0) is 4.79 Å². The fourth-order valence-corrected chi connectivity index (χ4v) is 4.78. The van der Waals surface area contributed by atoms with Crippen molar-refractivity contribution in [2.24, 2.45) is 11.3 Å². The van der Waals surface area contributed by atoms with Gasteiger partial charge in [0, 0.05) is 12.1 Å². The fourth-order valence-electron chi connectivity index (χ4n) is 4.78. The minimum Gasteiger partial charge on any atom is -0.493 e. The number of fused-ring (bicyclic) bond motifs is 2. The van der Waals surface area contributed by atoms with Gasteiger partial charge in [0.25, 0.3) is 0 Å². The minimum atomic E-state index is -0.362. The van der Waals surface area contributed by atoms with Crippen molar-refractivity contribution in [2.45, 2.75) is 40.2 Å². The Morgan fingerprint density at radius 1 is 0.906 bits per heavy atom. The lowest BCUT2D eigenvalue weighted by Gasteiger charge is -2.35. The average molecular weight is 437 g/mol. The van der Waals surface area contributed by atoms with Crippen LogP contribution in [0.25, 0.3) is 0 Å². The number of hydrogen-bond donors (Lipinski definition) is 2. The number of rotatable bonds is 4. The lowest BCUT2D eigenvalue weighted by molar-refractivity contribution is -0.124. The first-order valence-electron chi connectivity index (χ1n) is 10.9. The zero-order chi connectivity index (χ0) is 23.2. The first-order chi connectivity index (χ1) is 15.2. The molecule has 0 bridgehead atoms. The molecule has 32 heavy (non-hydrogen) atoms. The predicted molar refractivity (Wildman–Crippen MR) is 127 cm³/mol. The molecule has 1 heterocycles. The molecule has 2 aromatic rings. The summed E-state index contributed by atoms with van der Waals surface area (Å²) in [6.07, 6.45) is 2.69. The standard InChI is InChI=1S/C26H32N2O4/c1-14-8-17-18(9-15(14)2)28-24(23-19(27-17)12-26(3,4)13-20(23)29)16-10-21(30-5)25(32-7)22(11-16)31-6/h8-12,23-24,27-28H,13H2,1-7H3. The van der Waals surface area contributed by atoms with E-state index >= 15 is 0 Å². The van der Waals surface area contributed by atoms with Gasteiger partial charge in [0.2, 0.25) is 5.75 Å². The molecule has 0 fully saturated rings. The normalized spacial score (nSPS) is 21.2. The summed E-state index contributed by atoms with van der Waals surface area (Å²) in [7, 11) is 4.79. The van der Waals surface area contributed by atoms with Crippen LogP contribution in [0.4, 0.5) is 11.4 Å². The summed E-state index contributed by atoms with van der Waals surface area (Å²) in [4.78, 5) is 13.5. The van der Waals surface area contributed by atoms with Gasteiger partial charge in [0.05, 0.1) is 44.7 Å². The van der Waals surface area contributed by atoms with Crippen molar-refractivity contribution in [1.82, 2.24) is 0 Å². The smallest absolute Gasteiger partial charge is 0.203 e. The van der Waals surface area contributed by atoms with Gasteiger partial charge in [-0.15, -0.1) is 0 Å². The van der Waals surface area contributed by atoms with Gasteiger partial charge in [-0.3, -0.25) is 4.79 Å². The number of aryl methyl sites for hydroxylation is 2. The van der Waals surface area contributed by atoms with Crippen LogP contribution >= 0.6 is 0 Å². The number of carbonyl (C=O) groups excluding carboxylic acids is 1. The summed E-state index contributed by atoms with van der Waals surface area (Å²) in [5, 5.41) is 7.25. The number of benzene rings is 2. The Bertz CT molecular complexity index is 1080. The summed E-state index contributed by atoms with van der Waals surface area (Å²) in [6.45, 7) is 8.39. The largest absolute Gasteiger partial charge is 0.493 e. The van der Waals surface area contributed by atoms with E-state index in [0.717, 1.165) is 22.6 Å². The second-order valence-electron chi connectivity index (χ2n) is 9.40. The van der Waals surface area contributed by atoms with E-state index in [9.17, 15) is 4.79 Å². The first kappa shape index (κ1) is 22.1. The van der Waals surface area contributed by atoms with Gasteiger partial charge >= 0.3 is 0 Å². The van der Waals surface area contributed by atoms with Crippen molar-refractivity contribution in [2.75, 3.05) is 32.0 Å². The van der Waals surface area contributed by atoms with Crippen LogP contribution in [-0.4, -0.2) is 27.1 Å². The third-order valence-corrected chi connectivity index (χ3v) is 6.46. The molecule has 1 aliphatic carbocycles. The van der Waals surface area contributed by atoms with Gasteiger partial charge in [0.15, 0.2) is 11.5 Å². The van der Waals surface area contributed by atoms with E-state index < -0.39 is 0 Å². The topological polar surface area (TPSA) is 68.8 Å². The van der Waals surface area contributed by atoms with E-state index in [4.69, 9.17) is 14.2 Å². The molecule has 0 amide bonds. The van der Waals surface area contributed by atoms with Crippen LogP contribution in [0, 0.1) is 25.2 Å². The van der Waals surface area contributed by atoms with E-state index in [2.05, 4.69) is 56.5 Å². The Labute approximate surface area is 189 Å². The second kappa shape index (κ2) is 8.08. The molecule has 0 radical (unpaired) electrons. The van der Waals surface area contributed by atoms with Crippen LogP contribution in [0.5, 0.6) is 17.2 Å². The molecular formula is C26H32N2O4. The van der Waals surface area contributed by atoms with Crippen molar-refractivity contribution in [1.29, 1.82) is 0 Å². The quantitative estimate of drug-likeness (QED) is 0.668. The van der Waals surface area contributed by atoms with E-state index in [1.807, 2.05) is 12.1 Å². The van der Waals surface area contributed by atoms with Gasteiger partial charge in [-0.2, -0.15) is 0 Å². The highest BCUT2D eigenvalue weighted by molar-refractivity contribution is 5.90. The predicted octanol–water partition coefficient (Wildman–Crippen LogP) is 5.41. The Hall–Kier alpha value is -3.15. The van der Waals surface area contributed by atoms with E-state index in [0.29, 0.717) is 23.7 Å². The maximum atomic E-state index is 13.5. The second-order valence-corrected chi connectivity index (χ2v) is 9.40. The van der Waals surface area contributed by atoms with Crippen LogP contribution < -0.4 is 24.8 Å². The number of ketones is 1. The van der Waals surface area contributed by atoms with Crippen molar-refractivity contribution < 1.29 is 19.0 Å². The molecule has 170 valence electrons. The van der Waals surface area contributed by atoms with Crippen molar-refractivity contribution in [3.63, 3.8) is 0 Å². The molecule has 0 aromatic heterocycles. The van der Waals surface area contributed by atoms with Crippen LogP contribution in [0.3, 0.4) is 0 Å². The van der Waals surface area contributed by atoms with Crippen molar-refractivity contribution in [3.8, 4) is 17.2 Å². The molecule has 1 aliphatic heterocycles. The monoisotopic (exact) mass is 436 g/mol. The summed E-state index contributed by atoms with van der Waals surface area (Å²) < 4.78 is 16.7. The highest BCUT2D eigenvalue weighted by atomic mass is 16.5. The molecule has 2 unspecified atom stereocenters. The highest BCUT2D eigenvalue weighted by Crippen LogP contribution is 2.48. The van der Waals surface area contributed by atoms with Crippen molar-refractivity contribution >= 4 is 17.2 Å². The molecule has 2 aliphatic rings. The van der Waals surface area contributed by atoms with E-state index in [1.165, 1.54) is 11.1 Å². The van der Waals surface area contributed by atoms with Gasteiger partial charge < -0.3 is 24.8 Å². The Kier molecular flexibility index (Phi) is 5.57. The zero-order valence-corrected chi connectivity index (χ0v) is 19.9. The summed E-state index contributed by atoms with van der Waals surface area (Å²) in [5.74, 6) is 1.50. The summed E-state index contributed by atoms with van der Waals surface area (Å²) >= 11 is 0. The van der Waals surface area contributed by atoms with Crippen molar-refractivity contribution in [3.05, 3.63) is 52.7 Å². The Balaban J connectivity index is 1.93. The van der Waals surface area contributed by atoms with E-state index in [-0.39, 0.29) is 23.2 Å². The number of anilines is 2. The average Bonchev–Trinajstić information content (AvgIpc) is 2.88. The molecule has 6 heteroatoms. The Morgan fingerprint density at radius 3 is 2.06 bits per heavy atom. The van der Waals surface area contributed by atoms with Crippen LogP contribution in [0.2, 0.25) is 0 Å². The molecule has 6 nitrogen and oxygen atoms in total. The number of hydrogen-bond acceptors (Lipinski definition) is 6. The number of carbonyl (C=O) groups is 1. The van der Waals surface area contributed by atoms with Gasteiger partial charge in [-0.1, -0.05) is 19.9 Å². The maximum absolute atomic E-state index is 13.5. The lowest BCUT2D eigenvalue weighted by Crippen LogP contribution is -2.36. The minimum absolute atomic E-state index is 0.201. The lowest BCUT2D eigenvalue weighted by atomic mass is 9.72. The summed E-state index contributed by atoms with van der Waals surface area (Å²) in [5.41, 5.74) is 5.95. The number of Topliss-reactive ketones (excluding diaryl/α,β-unsaturated/α-hetero) is 1. The molecule has 2 atom stereocenters. The molecular weight excluding hydrogens is 404 g/mol. The maximum Gasteiger partial charge on any atom is 0.203 e. The van der Waals surface area contributed by atoms with E-state index in [1.54, 1.807) is 21.3 Å². The van der Waals surface area contributed by atoms with Gasteiger partial charge in [-0.25, -0.2) is 0 Å². The van der Waals surface area contributed by atoms with Crippen LogP contribution in [0.1, 0.15) is 43.0 Å². The molecule has 0 saturated carbocycles. The number of methoxy groups -OCH3 is 3. The van der Waals surface area contributed by atoms with Gasteiger partial charge in [-0.05, 0) is 60.2 Å². The third kappa shape index (κ3) is 3.78. The SMILES string of the molecule is COc1cc(C2Nc3cc(C)c(C)cc3NC3=CC(C)(C)CC(=O)C32)cc(OC)c1OC. The number of nitrogens with one attached hydrogen (secondary N) is 2. The van der Waals surface area contributed by atoms with Gasteiger partial charge in [0.1, 0.15) is 5.78 Å². The summed E-state index contributed by atoms with van der Waals surface area (Å²) in [6, 6.07) is 7.83. The number of allylic oxidation sites excluding steroid dienone is 1. The number of ether oxygens (including phenoxy) is 3.